The molecule has 0 spiro atoms. The summed E-state index contributed by atoms with van der Waals surface area (Å²) in [5, 5.41) is 4.09. The van der Waals surface area contributed by atoms with Gasteiger partial charge in [-0.3, -0.25) is 0 Å². The number of nitrogens with one attached hydrogen (secondary N) is 1. The summed E-state index contributed by atoms with van der Waals surface area (Å²) in [6, 6.07) is 5.86. The Hall–Kier alpha value is -0.930. The highest BCUT2D eigenvalue weighted by atomic mass is 35.5. The van der Waals surface area contributed by atoms with Crippen molar-refractivity contribution in [2.45, 2.75) is 6.42 Å². The minimum absolute atomic E-state index is 0.699. The van der Waals surface area contributed by atoms with Crippen LogP contribution in [0.2, 0.25) is 5.02 Å². The number of para-hydroxylation sites is 1. The fourth-order valence-corrected chi connectivity index (χ4v) is 1.78. The lowest BCUT2D eigenvalue weighted by Gasteiger charge is -2.19. The molecular formula is C11H18ClN3. The minimum Gasteiger partial charge on any atom is -0.383 e. The normalized spacial score (nSPS) is 10.1. The van der Waals surface area contributed by atoms with Crippen molar-refractivity contribution < 1.29 is 0 Å². The fraction of sp³-hybridized carbons (Fsp3) is 0.455. The number of hydrogen-bond donors (Lipinski definition) is 2. The van der Waals surface area contributed by atoms with Gasteiger partial charge in [0.25, 0.3) is 0 Å². The molecule has 3 N–H and O–H groups in total. The van der Waals surface area contributed by atoms with E-state index in [0.29, 0.717) is 6.54 Å². The van der Waals surface area contributed by atoms with Crippen molar-refractivity contribution in [2.24, 2.45) is 5.73 Å². The van der Waals surface area contributed by atoms with E-state index in [1.54, 1.807) is 0 Å². The maximum atomic E-state index is 6.13. The van der Waals surface area contributed by atoms with Gasteiger partial charge in [-0.2, -0.15) is 0 Å². The molecule has 0 radical (unpaired) electrons. The standard InChI is InChI=1S/C11H18ClN3/c1-15(2)11-9(12)5-3-6-10(11)14-8-4-7-13/h3,5-6,14H,4,7-8,13H2,1-2H3. The van der Waals surface area contributed by atoms with Crippen LogP contribution in [0.15, 0.2) is 18.2 Å². The van der Waals surface area contributed by atoms with Crippen LogP contribution >= 0.6 is 11.6 Å². The molecular weight excluding hydrogens is 210 g/mol. The van der Waals surface area contributed by atoms with Gasteiger partial charge in [-0.25, -0.2) is 0 Å². The van der Waals surface area contributed by atoms with E-state index in [4.69, 9.17) is 17.3 Å². The van der Waals surface area contributed by atoms with Crippen molar-refractivity contribution in [3.63, 3.8) is 0 Å². The summed E-state index contributed by atoms with van der Waals surface area (Å²) in [4.78, 5) is 2.01. The molecule has 1 aromatic carbocycles. The van der Waals surface area contributed by atoms with Crippen LogP contribution in [0.4, 0.5) is 11.4 Å². The van der Waals surface area contributed by atoms with Gasteiger partial charge in [-0.05, 0) is 25.1 Å². The second-order valence-electron chi connectivity index (χ2n) is 3.60. The number of halogens is 1. The van der Waals surface area contributed by atoms with Gasteiger partial charge in [0, 0.05) is 20.6 Å². The van der Waals surface area contributed by atoms with Crippen LogP contribution in [0.25, 0.3) is 0 Å². The Morgan fingerprint density at radius 1 is 1.40 bits per heavy atom. The summed E-state index contributed by atoms with van der Waals surface area (Å²) in [6.07, 6.45) is 0.958. The predicted octanol–water partition coefficient (Wildman–Crippen LogP) is 2.17. The van der Waals surface area contributed by atoms with Crippen molar-refractivity contribution in [3.8, 4) is 0 Å². The van der Waals surface area contributed by atoms with Crippen molar-refractivity contribution in [1.82, 2.24) is 0 Å². The molecule has 0 amide bonds. The molecule has 4 heteroatoms. The molecule has 3 nitrogen and oxygen atoms in total. The Morgan fingerprint density at radius 3 is 2.73 bits per heavy atom. The van der Waals surface area contributed by atoms with E-state index in [-0.39, 0.29) is 0 Å². The summed E-state index contributed by atoms with van der Waals surface area (Å²) in [7, 11) is 3.96. The van der Waals surface area contributed by atoms with Gasteiger partial charge >= 0.3 is 0 Å². The maximum Gasteiger partial charge on any atom is 0.0786 e. The number of anilines is 2. The monoisotopic (exact) mass is 227 g/mol. The van der Waals surface area contributed by atoms with Crippen molar-refractivity contribution in [3.05, 3.63) is 23.2 Å². The molecule has 0 heterocycles. The first-order valence-corrected chi connectivity index (χ1v) is 5.44. The smallest absolute Gasteiger partial charge is 0.0786 e. The van der Waals surface area contributed by atoms with E-state index >= 15 is 0 Å². The zero-order valence-electron chi connectivity index (χ0n) is 9.26. The van der Waals surface area contributed by atoms with Crippen LogP contribution in [-0.4, -0.2) is 27.2 Å². The highest BCUT2D eigenvalue weighted by molar-refractivity contribution is 6.34. The van der Waals surface area contributed by atoms with Gasteiger partial charge in [0.15, 0.2) is 0 Å². The first-order valence-electron chi connectivity index (χ1n) is 5.06. The zero-order valence-corrected chi connectivity index (χ0v) is 10.0. The summed E-state index contributed by atoms with van der Waals surface area (Å²) in [5.74, 6) is 0. The number of nitrogens with zero attached hydrogens (tertiary/aromatic N) is 1. The van der Waals surface area contributed by atoms with Crippen LogP contribution in [0.1, 0.15) is 6.42 Å². The molecule has 1 rings (SSSR count). The molecule has 0 aliphatic carbocycles. The average Bonchev–Trinajstić information content (AvgIpc) is 2.17. The lowest BCUT2D eigenvalue weighted by molar-refractivity contribution is 0.874. The number of benzene rings is 1. The average molecular weight is 228 g/mol. The molecule has 15 heavy (non-hydrogen) atoms. The Morgan fingerprint density at radius 2 is 2.13 bits per heavy atom. The van der Waals surface area contributed by atoms with Crippen LogP contribution in [0.5, 0.6) is 0 Å². The molecule has 0 fully saturated rings. The van der Waals surface area contributed by atoms with Crippen LogP contribution in [-0.2, 0) is 0 Å². The van der Waals surface area contributed by atoms with Gasteiger partial charge in [0.2, 0.25) is 0 Å². The lowest BCUT2D eigenvalue weighted by Crippen LogP contribution is -2.14. The molecule has 0 saturated heterocycles. The van der Waals surface area contributed by atoms with E-state index in [2.05, 4.69) is 5.32 Å². The molecule has 0 aliphatic heterocycles. The van der Waals surface area contributed by atoms with Gasteiger partial charge < -0.3 is 16.0 Å². The highest BCUT2D eigenvalue weighted by Crippen LogP contribution is 2.32. The second kappa shape index (κ2) is 5.83. The topological polar surface area (TPSA) is 41.3 Å². The van der Waals surface area contributed by atoms with Gasteiger partial charge in [0.05, 0.1) is 16.4 Å². The van der Waals surface area contributed by atoms with E-state index in [9.17, 15) is 0 Å². The fourth-order valence-electron chi connectivity index (χ4n) is 1.44. The zero-order chi connectivity index (χ0) is 11.3. The quantitative estimate of drug-likeness (QED) is 0.758. The molecule has 0 atom stereocenters. The Balaban J connectivity index is 2.81. The van der Waals surface area contributed by atoms with Crippen LogP contribution in [0, 0.1) is 0 Å². The van der Waals surface area contributed by atoms with E-state index in [1.165, 1.54) is 0 Å². The van der Waals surface area contributed by atoms with Crippen molar-refractivity contribution in [2.75, 3.05) is 37.4 Å². The Kier molecular flexibility index (Phi) is 4.72. The number of nitrogens with two attached hydrogens (primary N) is 1. The molecule has 0 bridgehead atoms. The third kappa shape index (κ3) is 3.29. The Labute approximate surface area is 96.2 Å². The molecule has 0 aliphatic rings. The van der Waals surface area contributed by atoms with E-state index in [0.717, 1.165) is 29.4 Å². The van der Waals surface area contributed by atoms with Gasteiger partial charge in [-0.1, -0.05) is 17.7 Å². The van der Waals surface area contributed by atoms with Gasteiger partial charge in [0.1, 0.15) is 0 Å². The van der Waals surface area contributed by atoms with Crippen molar-refractivity contribution in [1.29, 1.82) is 0 Å². The summed E-state index contributed by atoms with van der Waals surface area (Å²) in [6.45, 7) is 1.57. The minimum atomic E-state index is 0.699. The molecule has 0 saturated carbocycles. The van der Waals surface area contributed by atoms with Crippen LogP contribution in [0.3, 0.4) is 0 Å². The first-order chi connectivity index (χ1) is 7.16. The predicted molar refractivity (Wildman–Crippen MR) is 67.9 cm³/mol. The van der Waals surface area contributed by atoms with E-state index in [1.807, 2.05) is 37.2 Å². The second-order valence-corrected chi connectivity index (χ2v) is 4.01. The summed E-state index contributed by atoms with van der Waals surface area (Å²) < 4.78 is 0. The summed E-state index contributed by atoms with van der Waals surface area (Å²) in [5.41, 5.74) is 7.52. The summed E-state index contributed by atoms with van der Waals surface area (Å²) >= 11 is 6.13. The number of rotatable bonds is 5. The lowest BCUT2D eigenvalue weighted by atomic mass is 10.2. The third-order valence-corrected chi connectivity index (χ3v) is 2.44. The number of hydrogen-bond acceptors (Lipinski definition) is 3. The van der Waals surface area contributed by atoms with E-state index < -0.39 is 0 Å². The SMILES string of the molecule is CN(C)c1c(Cl)cccc1NCCCN. The maximum absolute atomic E-state index is 6.13. The molecule has 0 aromatic heterocycles. The third-order valence-electron chi connectivity index (χ3n) is 2.13. The largest absolute Gasteiger partial charge is 0.383 e. The Bertz CT molecular complexity index is 313. The first kappa shape index (κ1) is 12.1. The highest BCUT2D eigenvalue weighted by Gasteiger charge is 2.07. The van der Waals surface area contributed by atoms with Crippen LogP contribution < -0.4 is 16.0 Å². The molecule has 0 unspecified atom stereocenters. The molecule has 1 aromatic rings. The van der Waals surface area contributed by atoms with Crippen molar-refractivity contribution >= 4 is 23.0 Å². The molecule has 84 valence electrons. The van der Waals surface area contributed by atoms with Gasteiger partial charge in [-0.15, -0.1) is 0 Å².